The molecular weight excluding hydrogens is 346 g/mol. The summed E-state index contributed by atoms with van der Waals surface area (Å²) in [5, 5.41) is 0. The fourth-order valence-corrected chi connectivity index (χ4v) is 3.28. The van der Waals surface area contributed by atoms with Gasteiger partial charge >= 0.3 is 0 Å². The first kappa shape index (κ1) is 19.7. The van der Waals surface area contributed by atoms with Crippen molar-refractivity contribution in [1.29, 1.82) is 0 Å². The molecule has 3 rings (SSSR count). The minimum Gasteiger partial charge on any atom is -0.378 e. The minimum absolute atomic E-state index is 1.20. The van der Waals surface area contributed by atoms with Gasteiger partial charge in [0.15, 0.2) is 5.71 Å². The van der Waals surface area contributed by atoms with Gasteiger partial charge in [-0.1, -0.05) is 24.3 Å². The van der Waals surface area contributed by atoms with Gasteiger partial charge in [0, 0.05) is 51.7 Å². The first-order chi connectivity index (χ1) is 13.4. The van der Waals surface area contributed by atoms with Gasteiger partial charge in [-0.05, 0) is 58.7 Å². The van der Waals surface area contributed by atoms with E-state index in [1.165, 1.54) is 39.4 Å². The highest BCUT2D eigenvalue weighted by Crippen LogP contribution is 2.31. The Morgan fingerprint density at radius 2 is 1.00 bits per heavy atom. The predicted molar refractivity (Wildman–Crippen MR) is 123 cm³/mol. The molecule has 0 saturated carbocycles. The van der Waals surface area contributed by atoms with Crippen molar-refractivity contribution in [3.05, 3.63) is 89.5 Å². The molecular formula is C25H30N3+. The van der Waals surface area contributed by atoms with Crippen molar-refractivity contribution in [3.8, 4) is 0 Å². The van der Waals surface area contributed by atoms with E-state index in [9.17, 15) is 0 Å². The van der Waals surface area contributed by atoms with Crippen LogP contribution < -0.4 is 9.80 Å². The lowest BCUT2D eigenvalue weighted by atomic mass is 9.90. The van der Waals surface area contributed by atoms with Crippen LogP contribution in [0.15, 0.2) is 78.4 Å². The Labute approximate surface area is 169 Å². The molecule has 1 aliphatic rings. The molecule has 3 heteroatoms. The molecule has 144 valence electrons. The van der Waals surface area contributed by atoms with E-state index in [-0.39, 0.29) is 0 Å². The number of allylic oxidation sites excluding steroid dienone is 5. The fourth-order valence-electron chi connectivity index (χ4n) is 3.28. The zero-order valence-corrected chi connectivity index (χ0v) is 17.8. The monoisotopic (exact) mass is 376 g/mol. The molecule has 0 N–H and O–H groups in total. The van der Waals surface area contributed by atoms with E-state index >= 15 is 0 Å². The van der Waals surface area contributed by atoms with Crippen LogP contribution in [0.3, 0.4) is 0 Å². The second kappa shape index (κ2) is 8.30. The van der Waals surface area contributed by atoms with Gasteiger partial charge in [0.25, 0.3) is 0 Å². The smallest absolute Gasteiger partial charge is 0.199 e. The molecule has 3 nitrogen and oxygen atoms in total. The zero-order valence-electron chi connectivity index (χ0n) is 17.8. The number of hydrogen-bond acceptors (Lipinski definition) is 2. The molecule has 0 radical (unpaired) electrons. The molecule has 2 aromatic carbocycles. The maximum absolute atomic E-state index is 2.21. The van der Waals surface area contributed by atoms with Crippen molar-refractivity contribution in [1.82, 2.24) is 0 Å². The summed E-state index contributed by atoms with van der Waals surface area (Å²) in [5.41, 5.74) is 8.53. The maximum Gasteiger partial charge on any atom is 0.199 e. The van der Waals surface area contributed by atoms with Crippen molar-refractivity contribution in [2.75, 3.05) is 52.1 Å². The Morgan fingerprint density at radius 1 is 0.607 bits per heavy atom. The van der Waals surface area contributed by atoms with Crippen LogP contribution in [0.5, 0.6) is 0 Å². The first-order valence-corrected chi connectivity index (χ1v) is 9.57. The van der Waals surface area contributed by atoms with Crippen LogP contribution in [0, 0.1) is 0 Å². The average Bonchev–Trinajstić information content (AvgIpc) is 2.69. The highest BCUT2D eigenvalue weighted by molar-refractivity contribution is 6.04. The molecule has 0 bridgehead atoms. The molecule has 0 saturated heterocycles. The molecule has 0 fully saturated rings. The average molecular weight is 377 g/mol. The number of hydrogen-bond donors (Lipinski definition) is 0. The maximum atomic E-state index is 2.21. The SMILES string of the molecule is CN(C)c1ccc(C(=C2C=CC(=[N+]([13CH3])[13CH3])C=C2)c2ccc(N([13CH3])[13CH3])cc2)cc1. The lowest BCUT2D eigenvalue weighted by Gasteiger charge is -2.18. The number of anilines is 2. The van der Waals surface area contributed by atoms with Crippen molar-refractivity contribution < 1.29 is 4.58 Å². The van der Waals surface area contributed by atoms with Gasteiger partial charge in [-0.3, -0.25) is 0 Å². The Bertz CT molecular complexity index is 878. The number of nitrogens with zero attached hydrogens (tertiary/aromatic N) is 3. The summed E-state index contributed by atoms with van der Waals surface area (Å²) in [6, 6.07) is 17.6. The van der Waals surface area contributed by atoms with Crippen LogP contribution >= 0.6 is 0 Å². The third-order valence-corrected chi connectivity index (χ3v) is 5.02. The van der Waals surface area contributed by atoms with E-state index < -0.39 is 0 Å². The fraction of sp³-hybridized carbons (Fsp3) is 0.240. The van der Waals surface area contributed by atoms with Crippen molar-refractivity contribution in [2.45, 2.75) is 0 Å². The van der Waals surface area contributed by atoms with E-state index in [0.717, 1.165) is 0 Å². The van der Waals surface area contributed by atoms with Crippen LogP contribution in [-0.4, -0.2) is 52.6 Å². The molecule has 2 aromatic rings. The molecule has 0 atom stereocenters. The van der Waals surface area contributed by atoms with Crippen molar-refractivity contribution in [3.63, 3.8) is 0 Å². The Morgan fingerprint density at radius 3 is 1.32 bits per heavy atom. The molecule has 28 heavy (non-hydrogen) atoms. The van der Waals surface area contributed by atoms with Gasteiger partial charge in [0.1, 0.15) is 14.1 Å². The third kappa shape index (κ3) is 4.25. The van der Waals surface area contributed by atoms with E-state index in [0.29, 0.717) is 0 Å². The molecule has 1 aliphatic carbocycles. The summed E-state index contributed by atoms with van der Waals surface area (Å²) in [7, 11) is 12.4. The highest BCUT2D eigenvalue weighted by atomic mass is 15.3. The van der Waals surface area contributed by atoms with E-state index in [1.807, 2.05) is 0 Å². The third-order valence-electron chi connectivity index (χ3n) is 5.02. The first-order valence-electron chi connectivity index (χ1n) is 9.57. The van der Waals surface area contributed by atoms with Crippen LogP contribution in [-0.2, 0) is 0 Å². The van der Waals surface area contributed by atoms with E-state index in [2.05, 4.69) is 129 Å². The van der Waals surface area contributed by atoms with Crippen molar-refractivity contribution >= 4 is 22.7 Å². The normalized spacial score (nSPS) is 12.9. The lowest BCUT2D eigenvalue weighted by molar-refractivity contribution is -0.462. The van der Waals surface area contributed by atoms with Gasteiger partial charge in [0.2, 0.25) is 0 Å². The predicted octanol–water partition coefficient (Wildman–Crippen LogP) is 4.46. The molecule has 0 unspecified atom stereocenters. The summed E-state index contributed by atoms with van der Waals surface area (Å²) in [6.07, 6.45) is 8.78. The molecule has 0 amide bonds. The summed E-state index contributed by atoms with van der Waals surface area (Å²) < 4.78 is 2.13. The van der Waals surface area contributed by atoms with Crippen LogP contribution in [0.4, 0.5) is 11.4 Å². The number of benzene rings is 2. The van der Waals surface area contributed by atoms with Gasteiger partial charge in [-0.2, -0.15) is 0 Å². The van der Waals surface area contributed by atoms with Gasteiger partial charge in [-0.15, -0.1) is 0 Å². The topological polar surface area (TPSA) is 9.49 Å². The van der Waals surface area contributed by atoms with Crippen molar-refractivity contribution in [2.24, 2.45) is 0 Å². The van der Waals surface area contributed by atoms with Crippen LogP contribution in [0.1, 0.15) is 11.1 Å². The number of rotatable bonds is 4. The Kier molecular flexibility index (Phi) is 5.84. The second-order valence-corrected chi connectivity index (χ2v) is 7.70. The quantitative estimate of drug-likeness (QED) is 0.576. The molecule has 0 heterocycles. The van der Waals surface area contributed by atoms with Gasteiger partial charge in [-0.25, -0.2) is 4.58 Å². The second-order valence-electron chi connectivity index (χ2n) is 7.70. The van der Waals surface area contributed by atoms with E-state index in [1.54, 1.807) is 0 Å². The molecule has 0 spiro atoms. The van der Waals surface area contributed by atoms with Crippen LogP contribution in [0.25, 0.3) is 5.57 Å². The standard InChI is InChI=1S/C25H30N3/c1-26(2)22-13-7-19(8-14-22)25(20-9-15-23(16-10-20)27(3)4)21-11-17-24(18-12-21)28(5)6/h7-18H,1-6H3/q+1/i1+1,2+1,3+1,4+1. The Balaban J connectivity index is 2.12. The van der Waals surface area contributed by atoms with Gasteiger partial charge < -0.3 is 9.80 Å². The summed E-state index contributed by atoms with van der Waals surface area (Å²) >= 11 is 0. The molecule has 0 aliphatic heterocycles. The summed E-state index contributed by atoms with van der Waals surface area (Å²) in [5.74, 6) is 0. The zero-order chi connectivity index (χ0) is 20.3. The Hall–Kier alpha value is -3.07. The lowest BCUT2D eigenvalue weighted by Crippen LogP contribution is -2.10. The van der Waals surface area contributed by atoms with Gasteiger partial charge in [0.05, 0.1) is 0 Å². The largest absolute Gasteiger partial charge is 0.378 e. The van der Waals surface area contributed by atoms with E-state index in [4.69, 9.17) is 0 Å². The summed E-state index contributed by atoms with van der Waals surface area (Å²) in [6.45, 7) is 0. The van der Waals surface area contributed by atoms with Crippen LogP contribution in [0.2, 0.25) is 0 Å². The molecule has 0 aromatic heterocycles. The minimum atomic E-state index is 1.20. The highest BCUT2D eigenvalue weighted by Gasteiger charge is 2.13. The summed E-state index contributed by atoms with van der Waals surface area (Å²) in [4.78, 5) is 4.25.